The highest BCUT2D eigenvalue weighted by molar-refractivity contribution is 9.10. The van der Waals surface area contributed by atoms with Crippen LogP contribution in [0.2, 0.25) is 0 Å². The predicted octanol–water partition coefficient (Wildman–Crippen LogP) is 2.33. The van der Waals surface area contributed by atoms with E-state index in [4.69, 9.17) is 4.74 Å². The third-order valence-corrected chi connectivity index (χ3v) is 2.45. The zero-order valence-corrected chi connectivity index (χ0v) is 9.09. The van der Waals surface area contributed by atoms with Gasteiger partial charge < -0.3 is 4.74 Å². The molecule has 0 N–H and O–H groups in total. The molecule has 0 saturated carbocycles. The summed E-state index contributed by atoms with van der Waals surface area (Å²) < 4.78 is 5.68. The van der Waals surface area contributed by atoms with Crippen LogP contribution in [-0.4, -0.2) is 17.6 Å². The molecule has 0 atom stereocenters. The van der Waals surface area contributed by atoms with Crippen molar-refractivity contribution < 1.29 is 9.53 Å². The predicted molar refractivity (Wildman–Crippen MR) is 52.6 cm³/mol. The van der Waals surface area contributed by atoms with Gasteiger partial charge in [0, 0.05) is 16.9 Å². The molecule has 0 amide bonds. The van der Waals surface area contributed by atoms with E-state index in [2.05, 4.69) is 20.9 Å². The summed E-state index contributed by atoms with van der Waals surface area (Å²) in [6.45, 7) is 4.00. The van der Waals surface area contributed by atoms with Crippen molar-refractivity contribution in [3.05, 3.63) is 28.0 Å². The largest absolute Gasteiger partial charge is 0.462 e. The van der Waals surface area contributed by atoms with Gasteiger partial charge in [0.25, 0.3) is 0 Å². The van der Waals surface area contributed by atoms with E-state index in [0.717, 1.165) is 10.0 Å². The molecule has 0 spiro atoms. The molecule has 70 valence electrons. The van der Waals surface area contributed by atoms with Gasteiger partial charge in [-0.3, -0.25) is 4.98 Å². The van der Waals surface area contributed by atoms with Crippen molar-refractivity contribution in [2.75, 3.05) is 6.61 Å². The van der Waals surface area contributed by atoms with Gasteiger partial charge in [-0.1, -0.05) is 0 Å². The summed E-state index contributed by atoms with van der Waals surface area (Å²) in [4.78, 5) is 15.2. The monoisotopic (exact) mass is 243 g/mol. The Hall–Kier alpha value is -0.900. The van der Waals surface area contributed by atoms with Crippen molar-refractivity contribution in [1.82, 2.24) is 4.98 Å². The smallest absolute Gasteiger partial charge is 0.340 e. The average molecular weight is 244 g/mol. The van der Waals surface area contributed by atoms with Gasteiger partial charge in [0.15, 0.2) is 0 Å². The number of nitrogens with zero attached hydrogens (tertiary/aromatic N) is 1. The molecule has 1 heterocycles. The summed E-state index contributed by atoms with van der Waals surface area (Å²) in [5, 5.41) is 0. The highest BCUT2D eigenvalue weighted by Crippen LogP contribution is 2.18. The van der Waals surface area contributed by atoms with Crippen molar-refractivity contribution in [2.45, 2.75) is 13.8 Å². The average Bonchev–Trinajstić information content (AvgIpc) is 2.10. The second-order valence-electron chi connectivity index (χ2n) is 2.51. The molecule has 0 unspecified atom stereocenters. The lowest BCUT2D eigenvalue weighted by molar-refractivity contribution is 0.0525. The molecule has 0 aliphatic rings. The molecule has 1 aromatic rings. The molecule has 0 aromatic carbocycles. The maximum absolute atomic E-state index is 11.3. The fourth-order valence-corrected chi connectivity index (χ4v) is 1.25. The first-order valence-electron chi connectivity index (χ1n) is 3.94. The molecule has 0 fully saturated rings. The summed E-state index contributed by atoms with van der Waals surface area (Å²) in [7, 11) is 0. The van der Waals surface area contributed by atoms with Crippen molar-refractivity contribution in [3.63, 3.8) is 0 Å². The molecule has 1 rings (SSSR count). The van der Waals surface area contributed by atoms with Gasteiger partial charge in [0.2, 0.25) is 0 Å². The molecule has 13 heavy (non-hydrogen) atoms. The highest BCUT2D eigenvalue weighted by Gasteiger charge is 2.11. The van der Waals surface area contributed by atoms with E-state index in [9.17, 15) is 4.79 Å². The molecular formula is C9H10BrNO2. The first kappa shape index (κ1) is 10.2. The Morgan fingerprint density at radius 1 is 1.62 bits per heavy atom. The minimum absolute atomic E-state index is 0.325. The molecule has 0 aliphatic heterocycles. The molecule has 0 saturated heterocycles. The van der Waals surface area contributed by atoms with Crippen LogP contribution >= 0.6 is 15.9 Å². The van der Waals surface area contributed by atoms with E-state index in [-0.39, 0.29) is 5.97 Å². The quantitative estimate of drug-likeness (QED) is 0.749. The number of aromatic nitrogens is 1. The summed E-state index contributed by atoms with van der Waals surface area (Å²) in [5.41, 5.74) is 1.37. The number of hydrogen-bond acceptors (Lipinski definition) is 3. The Morgan fingerprint density at radius 2 is 2.31 bits per heavy atom. The maximum atomic E-state index is 11.3. The fourth-order valence-electron chi connectivity index (χ4n) is 0.914. The fraction of sp³-hybridized carbons (Fsp3) is 0.333. The van der Waals surface area contributed by atoms with E-state index in [1.165, 1.54) is 6.20 Å². The van der Waals surface area contributed by atoms with E-state index >= 15 is 0 Å². The van der Waals surface area contributed by atoms with Crippen LogP contribution in [0.5, 0.6) is 0 Å². The van der Waals surface area contributed by atoms with Crippen LogP contribution in [0.25, 0.3) is 0 Å². The Balaban J connectivity index is 3.01. The topological polar surface area (TPSA) is 39.2 Å². The van der Waals surface area contributed by atoms with Gasteiger partial charge in [0.1, 0.15) is 0 Å². The zero-order valence-electron chi connectivity index (χ0n) is 7.50. The first-order valence-corrected chi connectivity index (χ1v) is 4.73. The van der Waals surface area contributed by atoms with Gasteiger partial charge in [-0.05, 0) is 35.3 Å². The summed E-state index contributed by atoms with van der Waals surface area (Å²) in [6.07, 6.45) is 3.16. The van der Waals surface area contributed by atoms with Crippen LogP contribution in [0.3, 0.4) is 0 Å². The molecule has 1 aromatic heterocycles. The summed E-state index contributed by atoms with van der Waals surface area (Å²) in [5.74, 6) is -0.325. The van der Waals surface area contributed by atoms with Crippen LogP contribution < -0.4 is 0 Å². The Labute approximate surface area is 85.3 Å². The van der Waals surface area contributed by atoms with Gasteiger partial charge in [-0.2, -0.15) is 0 Å². The molecule has 4 heteroatoms. The molecule has 3 nitrogen and oxygen atoms in total. The molecule has 0 aliphatic carbocycles. The number of hydrogen-bond donors (Lipinski definition) is 0. The third kappa shape index (κ3) is 2.28. The second-order valence-corrected chi connectivity index (χ2v) is 3.37. The third-order valence-electron chi connectivity index (χ3n) is 1.65. The van der Waals surface area contributed by atoms with E-state index in [0.29, 0.717) is 12.2 Å². The lowest BCUT2D eigenvalue weighted by atomic mass is 10.2. The van der Waals surface area contributed by atoms with Crippen LogP contribution in [0.4, 0.5) is 0 Å². The minimum Gasteiger partial charge on any atom is -0.462 e. The standard InChI is InChI=1S/C9H10BrNO2/c1-3-13-9(12)7-4-11-5-8(10)6(7)2/h4-5H,3H2,1-2H3. The lowest BCUT2D eigenvalue weighted by Crippen LogP contribution is -2.07. The summed E-state index contributed by atoms with van der Waals surface area (Å²) >= 11 is 3.30. The molecule has 0 bridgehead atoms. The van der Waals surface area contributed by atoms with Gasteiger partial charge in [-0.15, -0.1) is 0 Å². The van der Waals surface area contributed by atoms with E-state index in [1.54, 1.807) is 13.1 Å². The minimum atomic E-state index is -0.325. The Bertz CT molecular complexity index is 325. The maximum Gasteiger partial charge on any atom is 0.340 e. The SMILES string of the molecule is CCOC(=O)c1cncc(Br)c1C. The van der Waals surface area contributed by atoms with Gasteiger partial charge in [-0.25, -0.2) is 4.79 Å². The normalized spacial score (nSPS) is 9.77. The van der Waals surface area contributed by atoms with Crippen molar-refractivity contribution in [2.24, 2.45) is 0 Å². The number of carbonyl (C=O) groups is 1. The van der Waals surface area contributed by atoms with E-state index in [1.807, 2.05) is 6.92 Å². The Kier molecular flexibility index (Phi) is 3.42. The summed E-state index contributed by atoms with van der Waals surface area (Å²) in [6, 6.07) is 0. The van der Waals surface area contributed by atoms with Gasteiger partial charge in [0.05, 0.1) is 12.2 Å². The second kappa shape index (κ2) is 4.37. The highest BCUT2D eigenvalue weighted by atomic mass is 79.9. The van der Waals surface area contributed by atoms with E-state index < -0.39 is 0 Å². The molecule has 0 radical (unpaired) electrons. The van der Waals surface area contributed by atoms with Crippen molar-refractivity contribution in [3.8, 4) is 0 Å². The van der Waals surface area contributed by atoms with Gasteiger partial charge >= 0.3 is 5.97 Å². The Morgan fingerprint density at radius 3 is 2.92 bits per heavy atom. The lowest BCUT2D eigenvalue weighted by Gasteiger charge is -2.05. The van der Waals surface area contributed by atoms with Crippen LogP contribution in [0.1, 0.15) is 22.8 Å². The number of carbonyl (C=O) groups excluding carboxylic acids is 1. The van der Waals surface area contributed by atoms with Crippen molar-refractivity contribution >= 4 is 21.9 Å². The van der Waals surface area contributed by atoms with Crippen LogP contribution in [-0.2, 0) is 4.74 Å². The number of pyridine rings is 1. The number of esters is 1. The number of rotatable bonds is 2. The number of halogens is 1. The first-order chi connectivity index (χ1) is 6.16. The van der Waals surface area contributed by atoms with Crippen LogP contribution in [0, 0.1) is 6.92 Å². The van der Waals surface area contributed by atoms with Crippen molar-refractivity contribution in [1.29, 1.82) is 0 Å². The zero-order chi connectivity index (χ0) is 9.84. The van der Waals surface area contributed by atoms with Crippen LogP contribution in [0.15, 0.2) is 16.9 Å². The molecular weight excluding hydrogens is 234 g/mol. The number of ether oxygens (including phenoxy) is 1.